The molecule has 0 aliphatic carbocycles. The second-order valence-electron chi connectivity index (χ2n) is 7.62. The number of hydrogen-bond acceptors (Lipinski definition) is 4. The highest BCUT2D eigenvalue weighted by atomic mass is 35.5. The first-order valence-corrected chi connectivity index (χ1v) is 9.89. The van der Waals surface area contributed by atoms with Gasteiger partial charge in [0.15, 0.2) is 0 Å². The van der Waals surface area contributed by atoms with Crippen molar-refractivity contribution in [1.82, 2.24) is 15.6 Å². The summed E-state index contributed by atoms with van der Waals surface area (Å²) >= 11 is 0. The molecule has 1 aromatic rings. The van der Waals surface area contributed by atoms with Crippen LogP contribution in [0.3, 0.4) is 0 Å². The second kappa shape index (κ2) is 12.4. The van der Waals surface area contributed by atoms with Gasteiger partial charge in [-0.3, -0.25) is 4.79 Å². The Morgan fingerprint density at radius 3 is 2.67 bits per heavy atom. The first-order valence-electron chi connectivity index (χ1n) is 9.89. The molecule has 2 fully saturated rings. The Kier molecular flexibility index (Phi) is 11.0. The highest BCUT2D eigenvalue weighted by Gasteiger charge is 2.22. The largest absolute Gasteiger partial charge is 0.357 e. The molecular formula is C20H34Cl2N4O. The predicted molar refractivity (Wildman–Crippen MR) is 116 cm³/mol. The van der Waals surface area contributed by atoms with E-state index < -0.39 is 0 Å². The summed E-state index contributed by atoms with van der Waals surface area (Å²) in [5.74, 6) is 2.36. The number of halogens is 2. The van der Waals surface area contributed by atoms with Crippen LogP contribution < -0.4 is 15.5 Å². The molecule has 1 aromatic heterocycles. The lowest BCUT2D eigenvalue weighted by Gasteiger charge is -2.28. The monoisotopic (exact) mass is 416 g/mol. The topological polar surface area (TPSA) is 57.3 Å². The van der Waals surface area contributed by atoms with Gasteiger partial charge in [0.25, 0.3) is 0 Å². The van der Waals surface area contributed by atoms with Gasteiger partial charge >= 0.3 is 0 Å². The summed E-state index contributed by atoms with van der Waals surface area (Å²) in [4.78, 5) is 19.2. The summed E-state index contributed by atoms with van der Waals surface area (Å²) in [6.07, 6.45) is 8.70. The molecule has 3 heterocycles. The van der Waals surface area contributed by atoms with Crippen molar-refractivity contribution in [3.63, 3.8) is 0 Å². The maximum atomic E-state index is 12.3. The minimum Gasteiger partial charge on any atom is -0.357 e. The molecule has 0 radical (unpaired) electrons. The summed E-state index contributed by atoms with van der Waals surface area (Å²) in [7, 11) is 0. The first kappa shape index (κ1) is 24.0. The lowest BCUT2D eigenvalue weighted by molar-refractivity contribution is -0.122. The number of nitrogens with one attached hydrogen (secondary N) is 2. The molecule has 2 aliphatic heterocycles. The van der Waals surface area contributed by atoms with Gasteiger partial charge in [0, 0.05) is 32.3 Å². The second-order valence-corrected chi connectivity index (χ2v) is 7.62. The van der Waals surface area contributed by atoms with Gasteiger partial charge in [-0.2, -0.15) is 0 Å². The van der Waals surface area contributed by atoms with Crippen LogP contribution in [0, 0.1) is 11.8 Å². The SMILES string of the molecule is CC(CC(=O)NCc1ccnc(N2CCCCC2)c1)C1CCNCC1.Cl.Cl. The third kappa shape index (κ3) is 7.47. The Bertz CT molecular complexity index is 561. The van der Waals surface area contributed by atoms with E-state index in [-0.39, 0.29) is 30.7 Å². The van der Waals surface area contributed by atoms with Gasteiger partial charge in [0.1, 0.15) is 5.82 Å². The van der Waals surface area contributed by atoms with Crippen LogP contribution in [-0.2, 0) is 11.3 Å². The van der Waals surface area contributed by atoms with E-state index >= 15 is 0 Å². The number of amides is 1. The van der Waals surface area contributed by atoms with E-state index in [4.69, 9.17) is 0 Å². The van der Waals surface area contributed by atoms with E-state index in [1.807, 2.05) is 12.3 Å². The minimum atomic E-state index is 0. The zero-order valence-electron chi connectivity index (χ0n) is 16.3. The lowest BCUT2D eigenvalue weighted by atomic mass is 9.84. The maximum Gasteiger partial charge on any atom is 0.220 e. The summed E-state index contributed by atoms with van der Waals surface area (Å²) < 4.78 is 0. The molecule has 154 valence electrons. The molecule has 2 N–H and O–H groups in total. The zero-order chi connectivity index (χ0) is 17.5. The fourth-order valence-corrected chi connectivity index (χ4v) is 4.01. The number of piperidine rings is 2. The number of aromatic nitrogens is 1. The molecule has 1 atom stereocenters. The minimum absolute atomic E-state index is 0. The van der Waals surface area contributed by atoms with Gasteiger partial charge in [-0.05, 0) is 74.7 Å². The van der Waals surface area contributed by atoms with Crippen molar-refractivity contribution in [1.29, 1.82) is 0 Å². The molecule has 2 saturated heterocycles. The van der Waals surface area contributed by atoms with Crippen molar-refractivity contribution >= 4 is 36.5 Å². The van der Waals surface area contributed by atoms with Crippen LogP contribution in [0.1, 0.15) is 51.0 Å². The zero-order valence-corrected chi connectivity index (χ0v) is 17.9. The normalized spacial score (nSPS) is 18.8. The van der Waals surface area contributed by atoms with E-state index in [2.05, 4.69) is 33.5 Å². The van der Waals surface area contributed by atoms with Crippen molar-refractivity contribution in [2.75, 3.05) is 31.1 Å². The maximum absolute atomic E-state index is 12.3. The lowest BCUT2D eigenvalue weighted by Crippen LogP contribution is -2.33. The Balaban J connectivity index is 0.00000182. The number of carbonyl (C=O) groups excluding carboxylic acids is 1. The number of rotatable bonds is 6. The number of nitrogens with zero attached hydrogens (tertiary/aromatic N) is 2. The highest BCUT2D eigenvalue weighted by Crippen LogP contribution is 2.24. The van der Waals surface area contributed by atoms with Crippen LogP contribution in [0.2, 0.25) is 0 Å². The molecule has 27 heavy (non-hydrogen) atoms. The molecular weight excluding hydrogens is 383 g/mol. The number of carbonyl (C=O) groups is 1. The van der Waals surface area contributed by atoms with Crippen LogP contribution in [0.5, 0.6) is 0 Å². The molecule has 1 unspecified atom stereocenters. The molecule has 3 rings (SSSR count). The number of hydrogen-bond donors (Lipinski definition) is 2. The summed E-state index contributed by atoms with van der Waals surface area (Å²) in [6.45, 7) is 7.19. The van der Waals surface area contributed by atoms with Crippen LogP contribution in [0.25, 0.3) is 0 Å². The molecule has 7 heteroatoms. The molecule has 0 saturated carbocycles. The van der Waals surface area contributed by atoms with E-state index in [9.17, 15) is 4.79 Å². The van der Waals surface area contributed by atoms with Crippen LogP contribution in [0.15, 0.2) is 18.3 Å². The van der Waals surface area contributed by atoms with E-state index in [0.717, 1.165) is 37.6 Å². The third-order valence-electron chi connectivity index (χ3n) is 5.68. The van der Waals surface area contributed by atoms with Gasteiger partial charge in [0.2, 0.25) is 5.91 Å². The van der Waals surface area contributed by atoms with Crippen molar-refractivity contribution in [3.05, 3.63) is 23.9 Å². The molecule has 5 nitrogen and oxygen atoms in total. The van der Waals surface area contributed by atoms with Gasteiger partial charge in [-0.15, -0.1) is 24.8 Å². The summed E-state index contributed by atoms with van der Waals surface area (Å²) in [6, 6.07) is 4.13. The standard InChI is InChI=1S/C20H32N4O.2ClH/c1-16(18-6-8-21-9-7-18)13-20(25)23-15-17-5-10-22-19(14-17)24-11-3-2-4-12-24;;/h5,10,14,16,18,21H,2-4,6-9,11-13,15H2,1H3,(H,23,25);2*1H. The molecule has 2 aliphatic rings. The van der Waals surface area contributed by atoms with E-state index in [1.54, 1.807) is 0 Å². The van der Waals surface area contributed by atoms with Crippen LogP contribution in [-0.4, -0.2) is 37.1 Å². The number of pyridine rings is 1. The van der Waals surface area contributed by atoms with Crippen molar-refractivity contribution in [3.8, 4) is 0 Å². The molecule has 0 spiro atoms. The van der Waals surface area contributed by atoms with Gasteiger partial charge in [0.05, 0.1) is 0 Å². The highest BCUT2D eigenvalue weighted by molar-refractivity contribution is 5.85. The Labute approximate surface area is 175 Å². The molecule has 1 amide bonds. The van der Waals surface area contributed by atoms with Crippen molar-refractivity contribution < 1.29 is 4.79 Å². The Hall–Kier alpha value is -1.04. The number of anilines is 1. The smallest absolute Gasteiger partial charge is 0.220 e. The average Bonchev–Trinajstić information content (AvgIpc) is 2.68. The molecule has 0 aromatic carbocycles. The van der Waals surface area contributed by atoms with E-state index in [1.165, 1.54) is 32.1 Å². The first-order chi connectivity index (χ1) is 12.2. The Morgan fingerprint density at radius 2 is 1.96 bits per heavy atom. The third-order valence-corrected chi connectivity index (χ3v) is 5.68. The summed E-state index contributed by atoms with van der Waals surface area (Å²) in [5.41, 5.74) is 1.14. The van der Waals surface area contributed by atoms with Crippen LogP contribution in [0.4, 0.5) is 5.82 Å². The van der Waals surface area contributed by atoms with Gasteiger partial charge in [-0.1, -0.05) is 6.92 Å². The molecule has 0 bridgehead atoms. The quantitative estimate of drug-likeness (QED) is 0.743. The predicted octanol–water partition coefficient (Wildman–Crippen LogP) is 3.56. The van der Waals surface area contributed by atoms with E-state index in [0.29, 0.717) is 24.8 Å². The van der Waals surface area contributed by atoms with Crippen LogP contribution >= 0.6 is 24.8 Å². The fraction of sp³-hybridized carbons (Fsp3) is 0.700. The van der Waals surface area contributed by atoms with Crippen molar-refractivity contribution in [2.24, 2.45) is 11.8 Å². The average molecular weight is 417 g/mol. The van der Waals surface area contributed by atoms with Gasteiger partial charge < -0.3 is 15.5 Å². The fourth-order valence-electron chi connectivity index (χ4n) is 4.01. The summed E-state index contributed by atoms with van der Waals surface area (Å²) in [5, 5.41) is 6.49. The van der Waals surface area contributed by atoms with Crippen molar-refractivity contribution in [2.45, 2.75) is 52.0 Å². The Morgan fingerprint density at radius 1 is 1.26 bits per heavy atom. The van der Waals surface area contributed by atoms with Gasteiger partial charge in [-0.25, -0.2) is 4.98 Å².